The highest BCUT2D eigenvalue weighted by atomic mass is 16.2. The van der Waals surface area contributed by atoms with E-state index in [-0.39, 0.29) is 12.1 Å². The van der Waals surface area contributed by atoms with Crippen LogP contribution in [-0.4, -0.2) is 12.6 Å². The average molecular weight is 296 g/mol. The first kappa shape index (κ1) is 16.1. The molecule has 0 aliphatic heterocycles. The summed E-state index contributed by atoms with van der Waals surface area (Å²) in [4.78, 5) is 12.0. The molecule has 0 spiro atoms. The molecule has 2 N–H and O–H groups in total. The zero-order chi connectivity index (χ0) is 15.9. The van der Waals surface area contributed by atoms with E-state index >= 15 is 0 Å². The third kappa shape index (κ3) is 4.92. The molecule has 3 heteroatoms. The lowest BCUT2D eigenvalue weighted by Crippen LogP contribution is -2.38. The zero-order valence-electron chi connectivity index (χ0n) is 13.5. The van der Waals surface area contributed by atoms with Crippen LogP contribution in [0.25, 0.3) is 0 Å². The molecular weight excluding hydrogens is 272 g/mol. The summed E-state index contributed by atoms with van der Waals surface area (Å²) in [5.74, 6) is 0. The van der Waals surface area contributed by atoms with Gasteiger partial charge in [-0.15, -0.1) is 0 Å². The number of amides is 2. The van der Waals surface area contributed by atoms with Gasteiger partial charge in [0.1, 0.15) is 0 Å². The maximum Gasteiger partial charge on any atom is 0.315 e. The molecule has 1 unspecified atom stereocenters. The highest BCUT2D eigenvalue weighted by Gasteiger charge is 2.09. The van der Waals surface area contributed by atoms with Crippen molar-refractivity contribution in [1.82, 2.24) is 10.6 Å². The highest BCUT2D eigenvalue weighted by molar-refractivity contribution is 5.74. The fraction of sp³-hybridized carbons (Fsp3) is 0.316. The molecule has 116 valence electrons. The predicted molar refractivity (Wildman–Crippen MR) is 91.0 cm³/mol. The number of hydrogen-bond acceptors (Lipinski definition) is 1. The standard InChI is InChI=1S/C19H24N2O/c1-14-11-15(2)13-18(12-14)16(3)21-19(22)20-10-9-17-7-5-4-6-8-17/h4-8,11-13,16H,9-10H2,1-3H3,(H2,20,21,22). The molecule has 22 heavy (non-hydrogen) atoms. The lowest BCUT2D eigenvalue weighted by atomic mass is 10.0. The van der Waals surface area contributed by atoms with E-state index in [0.29, 0.717) is 6.54 Å². The molecule has 0 saturated carbocycles. The average Bonchev–Trinajstić information content (AvgIpc) is 2.47. The van der Waals surface area contributed by atoms with E-state index < -0.39 is 0 Å². The van der Waals surface area contributed by atoms with Gasteiger partial charge in [-0.1, -0.05) is 59.7 Å². The fourth-order valence-corrected chi connectivity index (χ4v) is 2.56. The first-order chi connectivity index (χ1) is 10.5. The van der Waals surface area contributed by atoms with Crippen LogP contribution in [-0.2, 0) is 6.42 Å². The van der Waals surface area contributed by atoms with Crippen molar-refractivity contribution in [2.75, 3.05) is 6.54 Å². The Bertz CT molecular complexity index is 602. The minimum absolute atomic E-state index is 0.00433. The Labute approximate surface area is 132 Å². The Morgan fingerprint density at radius 1 is 1.05 bits per heavy atom. The van der Waals surface area contributed by atoms with Crippen LogP contribution < -0.4 is 10.6 Å². The second-order valence-electron chi connectivity index (χ2n) is 5.78. The Hall–Kier alpha value is -2.29. The van der Waals surface area contributed by atoms with E-state index in [9.17, 15) is 4.79 Å². The molecule has 0 aromatic heterocycles. The molecule has 2 amide bonds. The number of hydrogen-bond donors (Lipinski definition) is 2. The highest BCUT2D eigenvalue weighted by Crippen LogP contribution is 2.16. The number of aryl methyl sites for hydroxylation is 2. The summed E-state index contributed by atoms with van der Waals surface area (Å²) in [7, 11) is 0. The molecule has 0 fully saturated rings. The van der Waals surface area contributed by atoms with E-state index in [1.165, 1.54) is 16.7 Å². The maximum atomic E-state index is 12.0. The van der Waals surface area contributed by atoms with Gasteiger partial charge in [0, 0.05) is 6.54 Å². The van der Waals surface area contributed by atoms with Crippen molar-refractivity contribution in [3.05, 3.63) is 70.8 Å². The van der Waals surface area contributed by atoms with Gasteiger partial charge in [0.05, 0.1) is 6.04 Å². The minimum atomic E-state index is -0.123. The maximum absolute atomic E-state index is 12.0. The van der Waals surface area contributed by atoms with Crippen LogP contribution in [0.4, 0.5) is 4.79 Å². The molecule has 0 heterocycles. The summed E-state index contributed by atoms with van der Waals surface area (Å²) in [6.07, 6.45) is 0.839. The SMILES string of the molecule is Cc1cc(C)cc(C(C)NC(=O)NCCc2ccccc2)c1. The van der Waals surface area contributed by atoms with Crippen LogP contribution in [0.15, 0.2) is 48.5 Å². The smallest absolute Gasteiger partial charge is 0.315 e. The van der Waals surface area contributed by atoms with Crippen LogP contribution in [0.2, 0.25) is 0 Å². The molecule has 1 atom stereocenters. The minimum Gasteiger partial charge on any atom is -0.338 e. The second-order valence-corrected chi connectivity index (χ2v) is 5.78. The number of nitrogens with one attached hydrogen (secondary N) is 2. The van der Waals surface area contributed by atoms with Crippen molar-refractivity contribution < 1.29 is 4.79 Å². The fourth-order valence-electron chi connectivity index (χ4n) is 2.56. The number of carbonyl (C=O) groups excluding carboxylic acids is 1. The Morgan fingerprint density at radius 2 is 1.68 bits per heavy atom. The molecule has 0 bridgehead atoms. The zero-order valence-corrected chi connectivity index (χ0v) is 13.5. The van der Waals surface area contributed by atoms with Crippen LogP contribution in [0.1, 0.15) is 35.2 Å². The van der Waals surface area contributed by atoms with Crippen molar-refractivity contribution in [2.45, 2.75) is 33.2 Å². The molecule has 2 rings (SSSR count). The quantitative estimate of drug-likeness (QED) is 0.863. The van der Waals surface area contributed by atoms with Gasteiger partial charge in [-0.3, -0.25) is 0 Å². The largest absolute Gasteiger partial charge is 0.338 e. The molecular formula is C19H24N2O. The van der Waals surface area contributed by atoms with Crippen LogP contribution in [0.3, 0.4) is 0 Å². The Balaban J connectivity index is 1.81. The van der Waals surface area contributed by atoms with E-state index in [1.54, 1.807) is 0 Å². The van der Waals surface area contributed by atoms with Crippen LogP contribution >= 0.6 is 0 Å². The molecule has 0 aliphatic carbocycles. The monoisotopic (exact) mass is 296 g/mol. The first-order valence-corrected chi connectivity index (χ1v) is 7.71. The van der Waals surface area contributed by atoms with Crippen LogP contribution in [0.5, 0.6) is 0 Å². The van der Waals surface area contributed by atoms with E-state index in [2.05, 4.69) is 54.8 Å². The van der Waals surface area contributed by atoms with Crippen molar-refractivity contribution in [1.29, 1.82) is 0 Å². The van der Waals surface area contributed by atoms with Crippen LogP contribution in [0, 0.1) is 13.8 Å². The summed E-state index contributed by atoms with van der Waals surface area (Å²) >= 11 is 0. The normalized spacial score (nSPS) is 11.8. The number of benzene rings is 2. The Kier molecular flexibility index (Phi) is 5.59. The van der Waals surface area contributed by atoms with Crippen molar-refractivity contribution in [3.63, 3.8) is 0 Å². The van der Waals surface area contributed by atoms with Gasteiger partial charge < -0.3 is 10.6 Å². The van der Waals surface area contributed by atoms with Gasteiger partial charge in [-0.25, -0.2) is 4.79 Å². The van der Waals surface area contributed by atoms with Gasteiger partial charge >= 0.3 is 6.03 Å². The molecule has 0 radical (unpaired) electrons. The summed E-state index contributed by atoms with van der Waals surface area (Å²) < 4.78 is 0. The van der Waals surface area contributed by atoms with Crippen molar-refractivity contribution in [3.8, 4) is 0 Å². The van der Waals surface area contributed by atoms with E-state index in [1.807, 2.05) is 25.1 Å². The van der Waals surface area contributed by atoms with Gasteiger partial charge in [0.2, 0.25) is 0 Å². The van der Waals surface area contributed by atoms with E-state index in [4.69, 9.17) is 0 Å². The summed E-state index contributed by atoms with van der Waals surface area (Å²) in [6.45, 7) is 6.78. The lowest BCUT2D eigenvalue weighted by molar-refractivity contribution is 0.238. The number of carbonyl (C=O) groups is 1. The topological polar surface area (TPSA) is 41.1 Å². The summed E-state index contributed by atoms with van der Waals surface area (Å²) in [5, 5.41) is 5.90. The molecule has 2 aromatic carbocycles. The van der Waals surface area contributed by atoms with Gasteiger partial charge in [0.15, 0.2) is 0 Å². The number of urea groups is 1. The van der Waals surface area contributed by atoms with Gasteiger partial charge in [-0.05, 0) is 38.3 Å². The molecule has 0 saturated heterocycles. The Morgan fingerprint density at radius 3 is 2.32 bits per heavy atom. The predicted octanol–water partition coefficient (Wildman–Crippen LogP) is 3.91. The van der Waals surface area contributed by atoms with Gasteiger partial charge in [-0.2, -0.15) is 0 Å². The second kappa shape index (κ2) is 7.64. The van der Waals surface area contributed by atoms with Crippen molar-refractivity contribution >= 4 is 6.03 Å². The molecule has 3 nitrogen and oxygen atoms in total. The molecule has 0 aliphatic rings. The number of rotatable bonds is 5. The molecule has 2 aromatic rings. The summed E-state index contributed by atoms with van der Waals surface area (Å²) in [6, 6.07) is 16.4. The van der Waals surface area contributed by atoms with E-state index in [0.717, 1.165) is 12.0 Å². The van der Waals surface area contributed by atoms with Gasteiger partial charge in [0.25, 0.3) is 0 Å². The summed E-state index contributed by atoms with van der Waals surface area (Å²) in [5.41, 5.74) is 4.79. The van der Waals surface area contributed by atoms with Crippen molar-refractivity contribution in [2.24, 2.45) is 0 Å². The first-order valence-electron chi connectivity index (χ1n) is 7.71. The lowest BCUT2D eigenvalue weighted by Gasteiger charge is -2.16. The third-order valence-corrected chi connectivity index (χ3v) is 3.63. The third-order valence-electron chi connectivity index (χ3n) is 3.63.